The van der Waals surface area contributed by atoms with Crippen LogP contribution < -0.4 is 0 Å². The minimum absolute atomic E-state index is 0.109. The van der Waals surface area contributed by atoms with Gasteiger partial charge in [-0.1, -0.05) is 36.2 Å². The van der Waals surface area contributed by atoms with E-state index in [4.69, 9.17) is 23.2 Å². The van der Waals surface area contributed by atoms with Crippen LogP contribution in [0, 0.1) is 5.41 Å². The molecule has 0 unspecified atom stereocenters. The van der Waals surface area contributed by atoms with Crippen LogP contribution in [0.25, 0.3) is 0 Å². The van der Waals surface area contributed by atoms with E-state index < -0.39 is 0 Å². The van der Waals surface area contributed by atoms with Crippen LogP contribution in [-0.2, 0) is 11.2 Å². The molecule has 0 aromatic heterocycles. The van der Waals surface area contributed by atoms with Crippen LogP contribution in [-0.4, -0.2) is 5.78 Å². The van der Waals surface area contributed by atoms with Crippen LogP contribution in [0.4, 0.5) is 0 Å². The zero-order valence-corrected chi connectivity index (χ0v) is 10.0. The van der Waals surface area contributed by atoms with Gasteiger partial charge in [0.25, 0.3) is 0 Å². The molecule has 1 aromatic carbocycles. The standard InChI is InChI=1S/C12H12Cl2O/c1-12(5-6-12)11(15)7-8-9(13)3-2-4-10(8)14/h2-4H,5-7H2,1H3. The lowest BCUT2D eigenvalue weighted by Crippen LogP contribution is -2.14. The van der Waals surface area contributed by atoms with E-state index in [1.54, 1.807) is 18.2 Å². The number of benzene rings is 1. The molecule has 0 saturated heterocycles. The van der Waals surface area contributed by atoms with Crippen molar-refractivity contribution >= 4 is 29.0 Å². The molecule has 0 bridgehead atoms. The molecule has 1 fully saturated rings. The largest absolute Gasteiger partial charge is 0.299 e. The summed E-state index contributed by atoms with van der Waals surface area (Å²) in [5.74, 6) is 0.248. The molecular weight excluding hydrogens is 231 g/mol. The Balaban J connectivity index is 2.20. The van der Waals surface area contributed by atoms with Crippen LogP contribution in [0.15, 0.2) is 18.2 Å². The Morgan fingerprint density at radius 2 is 1.87 bits per heavy atom. The number of ketones is 1. The van der Waals surface area contributed by atoms with Gasteiger partial charge < -0.3 is 0 Å². The fourth-order valence-corrected chi connectivity index (χ4v) is 2.07. The van der Waals surface area contributed by atoms with Crippen molar-refractivity contribution in [2.24, 2.45) is 5.41 Å². The van der Waals surface area contributed by atoms with Gasteiger partial charge in [-0.15, -0.1) is 0 Å². The first-order chi connectivity index (χ1) is 7.03. The van der Waals surface area contributed by atoms with Gasteiger partial charge in [-0.25, -0.2) is 0 Å². The lowest BCUT2D eigenvalue weighted by atomic mass is 9.97. The van der Waals surface area contributed by atoms with Crippen molar-refractivity contribution in [2.45, 2.75) is 26.2 Å². The minimum atomic E-state index is -0.109. The van der Waals surface area contributed by atoms with Gasteiger partial charge in [-0.3, -0.25) is 4.79 Å². The molecule has 1 aliphatic carbocycles. The fourth-order valence-electron chi connectivity index (χ4n) is 1.54. The van der Waals surface area contributed by atoms with Gasteiger partial charge in [0, 0.05) is 21.9 Å². The maximum absolute atomic E-state index is 11.9. The first kappa shape index (κ1) is 11.0. The maximum atomic E-state index is 11.9. The second-order valence-electron chi connectivity index (χ2n) is 4.36. The van der Waals surface area contributed by atoms with E-state index in [0.29, 0.717) is 16.5 Å². The predicted octanol–water partition coefficient (Wildman–Crippen LogP) is 3.91. The Bertz CT molecular complexity index is 388. The van der Waals surface area contributed by atoms with Crippen LogP contribution in [0.3, 0.4) is 0 Å². The van der Waals surface area contributed by atoms with Crippen molar-refractivity contribution in [3.05, 3.63) is 33.8 Å². The molecule has 0 atom stereocenters. The van der Waals surface area contributed by atoms with Crippen LogP contribution >= 0.6 is 23.2 Å². The quantitative estimate of drug-likeness (QED) is 0.786. The molecule has 1 aromatic rings. The van der Waals surface area contributed by atoms with Gasteiger partial charge in [-0.05, 0) is 30.5 Å². The molecule has 3 heteroatoms. The van der Waals surface area contributed by atoms with E-state index >= 15 is 0 Å². The lowest BCUT2D eigenvalue weighted by Gasteiger charge is -2.09. The van der Waals surface area contributed by atoms with Crippen molar-refractivity contribution in [1.29, 1.82) is 0 Å². The Labute approximate surface area is 99.4 Å². The SMILES string of the molecule is CC1(C(=O)Cc2c(Cl)cccc2Cl)CC1. The summed E-state index contributed by atoms with van der Waals surface area (Å²) in [5.41, 5.74) is 0.654. The highest BCUT2D eigenvalue weighted by molar-refractivity contribution is 6.36. The summed E-state index contributed by atoms with van der Waals surface area (Å²) in [4.78, 5) is 11.9. The lowest BCUT2D eigenvalue weighted by molar-refractivity contribution is -0.122. The second-order valence-corrected chi connectivity index (χ2v) is 5.18. The molecule has 2 rings (SSSR count). The van der Waals surface area contributed by atoms with Crippen molar-refractivity contribution < 1.29 is 4.79 Å². The average Bonchev–Trinajstić information content (AvgIpc) is 2.91. The van der Waals surface area contributed by atoms with E-state index in [2.05, 4.69) is 0 Å². The normalized spacial score (nSPS) is 17.5. The zero-order valence-electron chi connectivity index (χ0n) is 8.52. The van der Waals surface area contributed by atoms with Crippen molar-refractivity contribution in [2.75, 3.05) is 0 Å². The third-order valence-electron chi connectivity index (χ3n) is 3.07. The highest BCUT2D eigenvalue weighted by Gasteiger charge is 2.44. The molecule has 80 valence electrons. The van der Waals surface area contributed by atoms with E-state index in [1.165, 1.54) is 0 Å². The molecule has 0 N–H and O–H groups in total. The summed E-state index contributed by atoms with van der Waals surface area (Å²) in [7, 11) is 0. The maximum Gasteiger partial charge on any atom is 0.143 e. The summed E-state index contributed by atoms with van der Waals surface area (Å²) in [6, 6.07) is 5.33. The third-order valence-corrected chi connectivity index (χ3v) is 3.78. The minimum Gasteiger partial charge on any atom is -0.299 e. The smallest absolute Gasteiger partial charge is 0.143 e. The van der Waals surface area contributed by atoms with Crippen LogP contribution in [0.2, 0.25) is 10.0 Å². The summed E-state index contributed by atoms with van der Waals surface area (Å²) in [5, 5.41) is 1.17. The number of halogens is 2. The van der Waals surface area contributed by atoms with Crippen molar-refractivity contribution in [3.63, 3.8) is 0 Å². The van der Waals surface area contributed by atoms with Gasteiger partial charge in [0.2, 0.25) is 0 Å². The van der Waals surface area contributed by atoms with Gasteiger partial charge in [0.15, 0.2) is 0 Å². The van der Waals surface area contributed by atoms with Crippen LogP contribution in [0.1, 0.15) is 25.3 Å². The number of hydrogen-bond donors (Lipinski definition) is 0. The summed E-state index contributed by atoms with van der Waals surface area (Å²) >= 11 is 12.0. The Hall–Kier alpha value is -0.530. The van der Waals surface area contributed by atoms with Crippen LogP contribution in [0.5, 0.6) is 0 Å². The predicted molar refractivity (Wildman–Crippen MR) is 62.5 cm³/mol. The zero-order chi connectivity index (χ0) is 11.1. The average molecular weight is 243 g/mol. The number of hydrogen-bond acceptors (Lipinski definition) is 1. The summed E-state index contributed by atoms with van der Waals surface area (Å²) in [6.07, 6.45) is 2.34. The topological polar surface area (TPSA) is 17.1 Å². The number of carbonyl (C=O) groups is 1. The molecule has 1 aliphatic rings. The monoisotopic (exact) mass is 242 g/mol. The molecule has 0 heterocycles. The van der Waals surface area contributed by atoms with E-state index in [0.717, 1.165) is 18.4 Å². The summed E-state index contributed by atoms with van der Waals surface area (Å²) in [6.45, 7) is 2.00. The Kier molecular flexibility index (Phi) is 2.78. The highest BCUT2D eigenvalue weighted by atomic mass is 35.5. The molecule has 15 heavy (non-hydrogen) atoms. The number of Topliss-reactive ketones (excluding diaryl/α,β-unsaturated/α-hetero) is 1. The van der Waals surface area contributed by atoms with Gasteiger partial charge in [0.05, 0.1) is 0 Å². The summed E-state index contributed by atoms with van der Waals surface area (Å²) < 4.78 is 0. The van der Waals surface area contributed by atoms with E-state index in [-0.39, 0.29) is 11.2 Å². The number of carbonyl (C=O) groups excluding carboxylic acids is 1. The van der Waals surface area contributed by atoms with Crippen molar-refractivity contribution in [3.8, 4) is 0 Å². The van der Waals surface area contributed by atoms with E-state index in [1.807, 2.05) is 6.92 Å². The van der Waals surface area contributed by atoms with Crippen molar-refractivity contribution in [1.82, 2.24) is 0 Å². The molecule has 0 amide bonds. The molecule has 0 aliphatic heterocycles. The Morgan fingerprint density at radius 1 is 1.33 bits per heavy atom. The first-order valence-electron chi connectivity index (χ1n) is 4.99. The third kappa shape index (κ3) is 2.19. The van der Waals surface area contributed by atoms with Gasteiger partial charge >= 0.3 is 0 Å². The molecule has 0 spiro atoms. The molecule has 0 radical (unpaired) electrons. The fraction of sp³-hybridized carbons (Fsp3) is 0.417. The second kappa shape index (κ2) is 3.80. The first-order valence-corrected chi connectivity index (χ1v) is 5.75. The highest BCUT2D eigenvalue weighted by Crippen LogP contribution is 2.46. The molecule has 1 nitrogen and oxygen atoms in total. The van der Waals surface area contributed by atoms with Gasteiger partial charge in [-0.2, -0.15) is 0 Å². The molecular formula is C12H12Cl2O. The van der Waals surface area contributed by atoms with E-state index in [9.17, 15) is 4.79 Å². The molecule has 1 saturated carbocycles. The number of rotatable bonds is 3. The Morgan fingerprint density at radius 3 is 2.33 bits per heavy atom. The van der Waals surface area contributed by atoms with Gasteiger partial charge in [0.1, 0.15) is 5.78 Å².